The van der Waals surface area contributed by atoms with Crippen molar-refractivity contribution < 1.29 is 0 Å². The van der Waals surface area contributed by atoms with Crippen molar-refractivity contribution in [3.05, 3.63) is 34.9 Å². The van der Waals surface area contributed by atoms with Crippen molar-refractivity contribution in [1.29, 1.82) is 0 Å². The second kappa shape index (κ2) is 7.91. The third kappa shape index (κ3) is 4.35. The Balaban J connectivity index is 1.78. The number of hydrogen-bond acceptors (Lipinski definition) is 1. The van der Waals surface area contributed by atoms with Gasteiger partial charge in [-0.2, -0.15) is 0 Å². The van der Waals surface area contributed by atoms with Crippen molar-refractivity contribution in [2.24, 2.45) is 5.92 Å². The molecular weight excluding hydrogens is 300 g/mol. The van der Waals surface area contributed by atoms with Gasteiger partial charge in [-0.3, -0.25) is 0 Å². The molecular formula is C22H34B2N. The topological polar surface area (TPSA) is 3.24 Å². The Morgan fingerprint density at radius 2 is 2.00 bits per heavy atom. The first-order valence-corrected chi connectivity index (χ1v) is 10.5. The van der Waals surface area contributed by atoms with Gasteiger partial charge in [-0.15, -0.1) is 0 Å². The quantitative estimate of drug-likeness (QED) is 0.549. The molecule has 25 heavy (non-hydrogen) atoms. The Hall–Kier alpha value is -0.690. The Bertz CT molecular complexity index is 583. The molecule has 133 valence electrons. The van der Waals surface area contributed by atoms with Gasteiger partial charge in [-0.25, -0.2) is 0 Å². The summed E-state index contributed by atoms with van der Waals surface area (Å²) in [5.41, 5.74) is 4.71. The molecule has 0 aromatic heterocycles. The molecule has 0 saturated heterocycles. The summed E-state index contributed by atoms with van der Waals surface area (Å²) in [6.07, 6.45) is 8.81. The van der Waals surface area contributed by atoms with Crippen molar-refractivity contribution in [2.45, 2.75) is 82.8 Å². The molecule has 2 aliphatic rings. The zero-order chi connectivity index (χ0) is 18.0. The summed E-state index contributed by atoms with van der Waals surface area (Å²) in [6.45, 7) is 7.75. The molecule has 0 bridgehead atoms. The van der Waals surface area contributed by atoms with Crippen LogP contribution in [-0.4, -0.2) is 39.0 Å². The average molecular weight is 334 g/mol. The predicted octanol–water partition coefficient (Wildman–Crippen LogP) is 4.93. The monoisotopic (exact) mass is 334 g/mol. The van der Waals surface area contributed by atoms with E-state index >= 15 is 0 Å². The van der Waals surface area contributed by atoms with Crippen LogP contribution < -0.4 is 0 Å². The summed E-state index contributed by atoms with van der Waals surface area (Å²) in [7, 11) is 11.1. The molecule has 0 amide bonds. The third-order valence-electron chi connectivity index (χ3n) is 6.56. The third-order valence-corrected chi connectivity index (χ3v) is 6.56. The molecule has 3 heteroatoms. The van der Waals surface area contributed by atoms with E-state index < -0.39 is 0 Å². The number of benzene rings is 1. The minimum atomic E-state index is -0.346. The van der Waals surface area contributed by atoms with Crippen LogP contribution in [0, 0.1) is 5.92 Å². The van der Waals surface area contributed by atoms with Gasteiger partial charge in [-0.1, -0.05) is 51.7 Å². The van der Waals surface area contributed by atoms with Crippen molar-refractivity contribution in [2.75, 3.05) is 13.6 Å². The molecule has 1 aromatic carbocycles. The zero-order valence-electron chi connectivity index (χ0n) is 16.7. The second-order valence-corrected chi connectivity index (χ2v) is 8.48. The smallest absolute Gasteiger partial charge is 0.122 e. The van der Waals surface area contributed by atoms with E-state index in [1.165, 1.54) is 44.1 Å². The summed E-state index contributed by atoms with van der Waals surface area (Å²) in [5.74, 6) is 2.58. The number of nitrogens with zero attached hydrogens (tertiary/aromatic N) is 1. The zero-order valence-corrected chi connectivity index (χ0v) is 16.7. The summed E-state index contributed by atoms with van der Waals surface area (Å²) in [6, 6.07) is 7.28. The molecule has 0 aliphatic heterocycles. The minimum Gasteiger partial charge on any atom is -0.317 e. The number of likely N-dealkylation sites (N-methyl/N-ethyl adjacent to an activating group) is 1. The van der Waals surface area contributed by atoms with E-state index in [0.717, 1.165) is 30.7 Å². The van der Waals surface area contributed by atoms with Gasteiger partial charge in [0.25, 0.3) is 0 Å². The standard InChI is InChI=1S/C22H34B2N/c1-5-7-12-25(4)22(23,24-3)15-16-8-11-19(18-9-10-18)21(13-16)20-14-17(20)6-2/h8,11,13,17-18,20H,5-7,9-10,12,14-15H2,1-4H3. The van der Waals surface area contributed by atoms with Crippen molar-refractivity contribution in [1.82, 2.24) is 4.90 Å². The molecule has 0 heterocycles. The van der Waals surface area contributed by atoms with Crippen LogP contribution in [0.25, 0.3) is 0 Å². The maximum Gasteiger partial charge on any atom is 0.122 e. The fraction of sp³-hybridized carbons (Fsp3) is 0.727. The molecule has 1 nitrogen and oxygen atoms in total. The first kappa shape index (κ1) is 19.1. The molecule has 1 aromatic rings. The molecule has 2 aliphatic carbocycles. The molecule has 2 saturated carbocycles. The molecule has 3 rings (SSSR count). The van der Waals surface area contributed by atoms with Crippen LogP contribution in [0.1, 0.15) is 80.9 Å². The molecule has 0 spiro atoms. The van der Waals surface area contributed by atoms with E-state index in [9.17, 15) is 0 Å². The Morgan fingerprint density at radius 3 is 2.56 bits per heavy atom. The molecule has 0 N–H and O–H groups in total. The number of hydrogen-bond donors (Lipinski definition) is 0. The second-order valence-electron chi connectivity index (χ2n) is 8.48. The van der Waals surface area contributed by atoms with Crippen molar-refractivity contribution in [3.8, 4) is 0 Å². The van der Waals surface area contributed by atoms with Crippen LogP contribution in [0.15, 0.2) is 18.2 Å². The summed E-state index contributed by atoms with van der Waals surface area (Å²) >= 11 is 0. The maximum atomic E-state index is 6.79. The van der Waals surface area contributed by atoms with E-state index in [1.807, 2.05) is 0 Å². The summed E-state index contributed by atoms with van der Waals surface area (Å²) < 4.78 is 0. The van der Waals surface area contributed by atoms with E-state index in [-0.39, 0.29) is 5.34 Å². The van der Waals surface area contributed by atoms with E-state index in [4.69, 9.17) is 7.85 Å². The van der Waals surface area contributed by atoms with Gasteiger partial charge in [0.15, 0.2) is 0 Å². The Morgan fingerprint density at radius 1 is 1.24 bits per heavy atom. The van der Waals surface area contributed by atoms with E-state index in [1.54, 1.807) is 11.1 Å². The highest BCUT2D eigenvalue weighted by molar-refractivity contribution is 6.52. The number of unbranched alkanes of at least 4 members (excludes halogenated alkanes) is 1. The van der Waals surface area contributed by atoms with Gasteiger partial charge in [0, 0.05) is 0 Å². The number of rotatable bonds is 10. The van der Waals surface area contributed by atoms with Gasteiger partial charge >= 0.3 is 0 Å². The predicted molar refractivity (Wildman–Crippen MR) is 111 cm³/mol. The van der Waals surface area contributed by atoms with Crippen molar-refractivity contribution >= 4 is 15.1 Å². The highest BCUT2D eigenvalue weighted by atomic mass is 15.1. The fourth-order valence-corrected chi connectivity index (χ4v) is 4.29. The maximum absolute atomic E-state index is 6.79. The Kier molecular flexibility index (Phi) is 6.03. The van der Waals surface area contributed by atoms with E-state index in [2.05, 4.69) is 58.1 Å². The minimum absolute atomic E-state index is 0.346. The van der Waals surface area contributed by atoms with Crippen LogP contribution >= 0.6 is 0 Å². The SMILES string of the molecule is [B]C([B]C)(Cc1ccc(C2CC2)c(C2CC2CC)c1)N(C)CCCC. The summed E-state index contributed by atoms with van der Waals surface area (Å²) in [5, 5.41) is -0.346. The van der Waals surface area contributed by atoms with E-state index in [0.29, 0.717) is 0 Å². The van der Waals surface area contributed by atoms with Crippen LogP contribution in [0.3, 0.4) is 0 Å². The average Bonchev–Trinajstić information content (AvgIpc) is 3.52. The molecule has 3 radical (unpaired) electrons. The lowest BCUT2D eigenvalue weighted by Gasteiger charge is -2.39. The largest absolute Gasteiger partial charge is 0.317 e. The van der Waals surface area contributed by atoms with Crippen LogP contribution in [-0.2, 0) is 6.42 Å². The van der Waals surface area contributed by atoms with Gasteiger partial charge in [0.1, 0.15) is 7.28 Å². The van der Waals surface area contributed by atoms with Gasteiger partial charge < -0.3 is 4.90 Å². The van der Waals surface area contributed by atoms with Gasteiger partial charge in [-0.05, 0) is 85.5 Å². The summed E-state index contributed by atoms with van der Waals surface area (Å²) in [4.78, 5) is 2.33. The van der Waals surface area contributed by atoms with Crippen molar-refractivity contribution in [3.63, 3.8) is 0 Å². The van der Waals surface area contributed by atoms with Gasteiger partial charge in [0.05, 0.1) is 7.85 Å². The fourth-order valence-electron chi connectivity index (χ4n) is 4.29. The van der Waals surface area contributed by atoms with Crippen LogP contribution in [0.5, 0.6) is 0 Å². The molecule has 3 atom stereocenters. The first-order chi connectivity index (χ1) is 12.0. The van der Waals surface area contributed by atoms with Crippen LogP contribution in [0.4, 0.5) is 0 Å². The molecule has 3 unspecified atom stereocenters. The lowest BCUT2D eigenvalue weighted by Crippen LogP contribution is -2.53. The lowest BCUT2D eigenvalue weighted by atomic mass is 9.46. The van der Waals surface area contributed by atoms with Crippen LogP contribution in [0.2, 0.25) is 6.82 Å². The lowest BCUT2D eigenvalue weighted by molar-refractivity contribution is 0.265. The van der Waals surface area contributed by atoms with Gasteiger partial charge in [0.2, 0.25) is 0 Å². The first-order valence-electron chi connectivity index (χ1n) is 10.5. The Labute approximate surface area is 157 Å². The highest BCUT2D eigenvalue weighted by Crippen LogP contribution is 2.54. The highest BCUT2D eigenvalue weighted by Gasteiger charge is 2.40. The normalized spacial score (nSPS) is 25.0. The molecule has 2 fully saturated rings.